The van der Waals surface area contributed by atoms with Crippen LogP contribution in [0, 0.1) is 5.92 Å². The third kappa shape index (κ3) is 4.86. The normalized spacial score (nSPS) is 18.0. The number of carbonyl (C=O) groups excluding carboxylic acids is 1. The smallest absolute Gasteiger partial charge is 0.316 e. The van der Waals surface area contributed by atoms with E-state index in [2.05, 4.69) is 15.3 Å². The predicted octanol–water partition coefficient (Wildman–Crippen LogP) is 3.02. The first-order valence-corrected chi connectivity index (χ1v) is 10.1. The third-order valence-corrected chi connectivity index (χ3v) is 5.79. The maximum Gasteiger partial charge on any atom is 0.316 e. The first-order valence-electron chi connectivity index (χ1n) is 9.71. The molecule has 2 unspecified atom stereocenters. The number of aliphatic hydroxyl groups is 2. The summed E-state index contributed by atoms with van der Waals surface area (Å²) in [5, 5.41) is 24.4. The number of nitrogens with zero attached hydrogens (tertiary/aromatic N) is 2. The highest BCUT2D eigenvalue weighted by Gasteiger charge is 2.30. The van der Waals surface area contributed by atoms with Crippen molar-refractivity contribution in [2.75, 3.05) is 7.11 Å². The van der Waals surface area contributed by atoms with E-state index < -0.39 is 17.7 Å². The average Bonchev–Trinajstić information content (AvgIpc) is 2.74. The molecule has 7 nitrogen and oxygen atoms in total. The van der Waals surface area contributed by atoms with Crippen LogP contribution in [0.15, 0.2) is 30.5 Å². The molecule has 1 heterocycles. The third-order valence-electron chi connectivity index (χ3n) is 5.46. The van der Waals surface area contributed by atoms with Gasteiger partial charge >= 0.3 is 6.01 Å². The Kier molecular flexibility index (Phi) is 6.72. The molecule has 3 N–H and O–H groups in total. The van der Waals surface area contributed by atoms with Crippen molar-refractivity contribution >= 4 is 17.5 Å². The van der Waals surface area contributed by atoms with Gasteiger partial charge in [0.05, 0.1) is 23.4 Å². The lowest BCUT2D eigenvalue weighted by Gasteiger charge is -2.27. The lowest BCUT2D eigenvalue weighted by Crippen LogP contribution is -2.41. The van der Waals surface area contributed by atoms with Gasteiger partial charge in [-0.15, -0.1) is 0 Å². The molecule has 0 radical (unpaired) electrons. The number of benzene rings is 1. The number of hydrogen-bond donors (Lipinski definition) is 3. The van der Waals surface area contributed by atoms with Gasteiger partial charge in [0.1, 0.15) is 11.8 Å². The van der Waals surface area contributed by atoms with Crippen molar-refractivity contribution in [2.24, 2.45) is 5.92 Å². The van der Waals surface area contributed by atoms with Gasteiger partial charge in [0.15, 0.2) is 0 Å². The summed E-state index contributed by atoms with van der Waals surface area (Å²) in [6.07, 6.45) is 5.61. The Balaban J connectivity index is 1.83. The summed E-state index contributed by atoms with van der Waals surface area (Å²) >= 11 is 6.23. The molecule has 2 atom stereocenters. The molecule has 29 heavy (non-hydrogen) atoms. The largest absolute Gasteiger partial charge is 0.467 e. The van der Waals surface area contributed by atoms with Crippen molar-refractivity contribution in [1.82, 2.24) is 15.3 Å². The van der Waals surface area contributed by atoms with Gasteiger partial charge in [0, 0.05) is 12.1 Å². The average molecular weight is 420 g/mol. The van der Waals surface area contributed by atoms with Crippen LogP contribution in [0.3, 0.4) is 0 Å². The van der Waals surface area contributed by atoms with Crippen molar-refractivity contribution < 1.29 is 19.7 Å². The number of nitrogens with one attached hydrogen (secondary N) is 1. The van der Waals surface area contributed by atoms with E-state index in [-0.39, 0.29) is 22.5 Å². The minimum atomic E-state index is -1.50. The zero-order valence-electron chi connectivity index (χ0n) is 16.6. The van der Waals surface area contributed by atoms with Crippen LogP contribution in [0.5, 0.6) is 6.01 Å². The van der Waals surface area contributed by atoms with E-state index in [0.717, 1.165) is 32.1 Å². The number of halogens is 1. The molecule has 0 bridgehead atoms. The van der Waals surface area contributed by atoms with Crippen LogP contribution in [0.1, 0.15) is 60.6 Å². The highest BCUT2D eigenvalue weighted by atomic mass is 35.5. The van der Waals surface area contributed by atoms with E-state index in [9.17, 15) is 15.0 Å². The Morgan fingerprint density at radius 2 is 2.03 bits per heavy atom. The van der Waals surface area contributed by atoms with Crippen LogP contribution >= 0.6 is 11.6 Å². The molecular weight excluding hydrogens is 394 g/mol. The molecule has 8 heteroatoms. The van der Waals surface area contributed by atoms with Gasteiger partial charge in [-0.3, -0.25) is 4.79 Å². The SMILES string of the molecule is COc1nccc(C(C)(O)c2ccc(Cl)c(C(=O)NC(O)C3CCCCC3)c2)n1. The molecule has 1 aliphatic rings. The zero-order chi connectivity index (χ0) is 21.0. The molecule has 0 saturated heterocycles. The second-order valence-electron chi connectivity index (χ2n) is 7.51. The maximum atomic E-state index is 12.8. The molecule has 0 spiro atoms. The highest BCUT2D eigenvalue weighted by molar-refractivity contribution is 6.33. The van der Waals surface area contributed by atoms with Gasteiger partial charge in [-0.25, -0.2) is 4.98 Å². The summed E-state index contributed by atoms with van der Waals surface area (Å²) in [5.41, 5.74) is -0.571. The van der Waals surface area contributed by atoms with Crippen molar-refractivity contribution in [3.05, 3.63) is 52.3 Å². The molecule has 1 saturated carbocycles. The molecule has 1 amide bonds. The van der Waals surface area contributed by atoms with E-state index in [1.165, 1.54) is 19.4 Å². The quantitative estimate of drug-likeness (QED) is 0.621. The van der Waals surface area contributed by atoms with E-state index in [0.29, 0.717) is 11.3 Å². The Morgan fingerprint density at radius 1 is 1.31 bits per heavy atom. The monoisotopic (exact) mass is 419 g/mol. The highest BCUT2D eigenvalue weighted by Crippen LogP contribution is 2.31. The van der Waals surface area contributed by atoms with Crippen molar-refractivity contribution in [3.63, 3.8) is 0 Å². The lowest BCUT2D eigenvalue weighted by molar-refractivity contribution is 0.0463. The number of methoxy groups -OCH3 is 1. The molecule has 2 aromatic rings. The number of amides is 1. The molecule has 156 valence electrons. The zero-order valence-corrected chi connectivity index (χ0v) is 17.3. The molecule has 1 aromatic carbocycles. The first-order chi connectivity index (χ1) is 13.8. The van der Waals surface area contributed by atoms with Crippen LogP contribution in [0.2, 0.25) is 5.02 Å². The Hall–Kier alpha value is -2.22. The summed E-state index contributed by atoms with van der Waals surface area (Å²) in [6.45, 7) is 1.57. The van der Waals surface area contributed by atoms with Gasteiger partial charge in [0.2, 0.25) is 0 Å². The molecule has 0 aliphatic heterocycles. The van der Waals surface area contributed by atoms with Gasteiger partial charge < -0.3 is 20.3 Å². The standard InChI is InChI=1S/C21H26ClN3O4/c1-21(28,17-10-11-23-20(24-17)29-2)14-8-9-16(22)15(12-14)19(27)25-18(26)13-6-4-3-5-7-13/h8-13,18,26,28H,3-7H2,1-2H3,(H,25,27). The van der Waals surface area contributed by atoms with E-state index >= 15 is 0 Å². The fourth-order valence-corrected chi connectivity index (χ4v) is 3.84. The molecule has 1 fully saturated rings. The fraction of sp³-hybridized carbons (Fsp3) is 0.476. The minimum Gasteiger partial charge on any atom is -0.467 e. The summed E-state index contributed by atoms with van der Waals surface area (Å²) in [5.74, 6) is -0.433. The van der Waals surface area contributed by atoms with Crippen LogP contribution in [0.25, 0.3) is 0 Å². The molecule has 3 rings (SSSR count). The van der Waals surface area contributed by atoms with Gasteiger partial charge in [-0.2, -0.15) is 4.98 Å². The van der Waals surface area contributed by atoms with Crippen LogP contribution in [-0.2, 0) is 5.60 Å². The Bertz CT molecular complexity index is 869. The van der Waals surface area contributed by atoms with Crippen LogP contribution in [-0.4, -0.2) is 39.4 Å². The van der Waals surface area contributed by atoms with Gasteiger partial charge in [0.25, 0.3) is 5.91 Å². The number of aromatic nitrogens is 2. The molecular formula is C21H26ClN3O4. The van der Waals surface area contributed by atoms with Gasteiger partial charge in [-0.1, -0.05) is 36.9 Å². The Morgan fingerprint density at radius 3 is 2.72 bits per heavy atom. The first kappa shape index (κ1) is 21.5. The number of aliphatic hydroxyl groups excluding tert-OH is 1. The van der Waals surface area contributed by atoms with Gasteiger partial charge in [-0.05, 0) is 43.5 Å². The molecule has 1 aromatic heterocycles. The number of carbonyl (C=O) groups is 1. The van der Waals surface area contributed by atoms with Crippen molar-refractivity contribution in [2.45, 2.75) is 50.9 Å². The summed E-state index contributed by atoms with van der Waals surface area (Å²) in [4.78, 5) is 20.9. The van der Waals surface area contributed by atoms with Crippen LogP contribution < -0.4 is 10.1 Å². The second-order valence-corrected chi connectivity index (χ2v) is 7.92. The predicted molar refractivity (Wildman–Crippen MR) is 109 cm³/mol. The number of ether oxygens (including phenoxy) is 1. The van der Waals surface area contributed by atoms with Crippen molar-refractivity contribution in [3.8, 4) is 6.01 Å². The van der Waals surface area contributed by atoms with E-state index in [4.69, 9.17) is 16.3 Å². The maximum absolute atomic E-state index is 12.8. The van der Waals surface area contributed by atoms with Crippen molar-refractivity contribution in [1.29, 1.82) is 0 Å². The fourth-order valence-electron chi connectivity index (χ4n) is 3.64. The number of hydrogen-bond acceptors (Lipinski definition) is 6. The van der Waals surface area contributed by atoms with E-state index in [1.54, 1.807) is 25.1 Å². The summed E-state index contributed by atoms with van der Waals surface area (Å²) in [6, 6.07) is 6.39. The minimum absolute atomic E-state index is 0.0475. The second kappa shape index (κ2) is 9.07. The number of rotatable bonds is 6. The molecule has 1 aliphatic carbocycles. The summed E-state index contributed by atoms with van der Waals surface area (Å²) < 4.78 is 5.02. The summed E-state index contributed by atoms with van der Waals surface area (Å²) in [7, 11) is 1.44. The van der Waals surface area contributed by atoms with Crippen LogP contribution in [0.4, 0.5) is 0 Å². The Labute approximate surface area is 175 Å². The lowest BCUT2D eigenvalue weighted by atomic mass is 9.88. The topological polar surface area (TPSA) is 105 Å². The van der Waals surface area contributed by atoms with E-state index in [1.807, 2.05) is 0 Å².